The van der Waals surface area contributed by atoms with Crippen molar-refractivity contribution in [2.45, 2.75) is 70.2 Å². The van der Waals surface area contributed by atoms with Gasteiger partial charge in [-0.1, -0.05) is 36.4 Å². The zero-order valence-electron chi connectivity index (χ0n) is 21.4. The molecule has 9 nitrogen and oxygen atoms in total. The first-order valence-corrected chi connectivity index (χ1v) is 12.8. The van der Waals surface area contributed by atoms with Crippen molar-refractivity contribution in [2.75, 3.05) is 6.54 Å². The summed E-state index contributed by atoms with van der Waals surface area (Å²) in [5.41, 5.74) is 3.81. The number of hydrogen-bond donors (Lipinski definition) is 2. The third-order valence-electron chi connectivity index (χ3n) is 7.07. The summed E-state index contributed by atoms with van der Waals surface area (Å²) in [6.07, 6.45) is 5.28. The van der Waals surface area contributed by atoms with E-state index in [9.17, 15) is 14.9 Å². The normalized spacial score (nSPS) is 21.8. The number of aromatic nitrogens is 2. The highest BCUT2D eigenvalue weighted by Crippen LogP contribution is 2.36. The Morgan fingerprint density at radius 1 is 1.03 bits per heavy atom. The van der Waals surface area contributed by atoms with Crippen LogP contribution in [0.4, 0.5) is 10.5 Å². The SMILES string of the molecule is CC(C)(C)OC(=O)N1CCCC1c1ncc(-c2ccc(C3CCC(c4ccc([N+](=O)[O-])cc4)N3)cc2)[nH]1. The standard InChI is InChI=1S/C28H33N5O4/c1-28(2,3)37-27(34)32-16-4-5-25(32)26-29-17-24(31-26)20-8-6-18(7-9-20)22-14-15-23(30-22)19-10-12-21(13-11-19)33(35)36/h6-13,17,22-23,25,30H,4-5,14-16H2,1-3H3,(H,29,31). The molecule has 3 atom stereocenters. The monoisotopic (exact) mass is 503 g/mol. The van der Waals surface area contributed by atoms with Crippen molar-refractivity contribution >= 4 is 11.8 Å². The van der Waals surface area contributed by atoms with Gasteiger partial charge in [-0.25, -0.2) is 9.78 Å². The van der Waals surface area contributed by atoms with Crippen molar-refractivity contribution < 1.29 is 14.5 Å². The second-order valence-electron chi connectivity index (χ2n) is 10.8. The maximum Gasteiger partial charge on any atom is 0.410 e. The predicted octanol–water partition coefficient (Wildman–Crippen LogP) is 6.22. The second kappa shape index (κ2) is 9.97. The second-order valence-corrected chi connectivity index (χ2v) is 10.8. The Hall–Kier alpha value is -3.72. The van der Waals surface area contributed by atoms with Crippen LogP contribution in [0.1, 0.15) is 81.5 Å². The number of hydrogen-bond acceptors (Lipinski definition) is 6. The van der Waals surface area contributed by atoms with Crippen LogP contribution in [-0.2, 0) is 4.74 Å². The molecule has 5 rings (SSSR count). The van der Waals surface area contributed by atoms with Crippen LogP contribution in [0.25, 0.3) is 11.3 Å². The predicted molar refractivity (Wildman–Crippen MR) is 140 cm³/mol. The quantitative estimate of drug-likeness (QED) is 0.315. The summed E-state index contributed by atoms with van der Waals surface area (Å²) in [5, 5.41) is 14.6. The summed E-state index contributed by atoms with van der Waals surface area (Å²) in [5.74, 6) is 0.783. The number of ether oxygens (including phenoxy) is 1. The van der Waals surface area contributed by atoms with Crippen molar-refractivity contribution in [3.8, 4) is 11.3 Å². The van der Waals surface area contributed by atoms with Gasteiger partial charge in [0.15, 0.2) is 0 Å². The van der Waals surface area contributed by atoms with Gasteiger partial charge in [-0.3, -0.25) is 15.0 Å². The summed E-state index contributed by atoms with van der Waals surface area (Å²) in [4.78, 5) is 33.0. The molecule has 0 saturated carbocycles. The number of aromatic amines is 1. The van der Waals surface area contributed by atoms with E-state index in [-0.39, 0.29) is 34.8 Å². The van der Waals surface area contributed by atoms with Gasteiger partial charge in [0.2, 0.25) is 0 Å². The van der Waals surface area contributed by atoms with Crippen molar-refractivity contribution in [3.05, 3.63) is 81.8 Å². The Morgan fingerprint density at radius 2 is 1.65 bits per heavy atom. The molecule has 2 aromatic carbocycles. The molecule has 3 unspecified atom stereocenters. The van der Waals surface area contributed by atoms with Crippen molar-refractivity contribution in [3.63, 3.8) is 0 Å². The lowest BCUT2D eigenvalue weighted by molar-refractivity contribution is -0.384. The molecule has 0 bridgehead atoms. The van der Waals surface area contributed by atoms with Crippen LogP contribution < -0.4 is 5.32 Å². The van der Waals surface area contributed by atoms with E-state index in [1.165, 1.54) is 5.56 Å². The molecule has 0 spiro atoms. The van der Waals surface area contributed by atoms with Crippen LogP contribution in [0.3, 0.4) is 0 Å². The number of likely N-dealkylation sites (tertiary alicyclic amines) is 1. The average Bonchev–Trinajstić information content (AvgIpc) is 3.64. The number of carbonyl (C=O) groups excluding carboxylic acids is 1. The van der Waals surface area contributed by atoms with Crippen molar-refractivity contribution in [1.82, 2.24) is 20.2 Å². The van der Waals surface area contributed by atoms with Crippen LogP contribution >= 0.6 is 0 Å². The molecule has 9 heteroatoms. The third-order valence-corrected chi connectivity index (χ3v) is 7.07. The molecule has 2 aliphatic rings. The topological polar surface area (TPSA) is 113 Å². The van der Waals surface area contributed by atoms with Crippen LogP contribution in [0.5, 0.6) is 0 Å². The van der Waals surface area contributed by atoms with Crippen LogP contribution in [-0.4, -0.2) is 38.0 Å². The van der Waals surface area contributed by atoms with Crippen LogP contribution in [0.2, 0.25) is 0 Å². The van der Waals surface area contributed by atoms with E-state index in [1.807, 2.05) is 39.1 Å². The molecule has 0 aliphatic carbocycles. The fraction of sp³-hybridized carbons (Fsp3) is 0.429. The molecule has 1 aromatic heterocycles. The number of carbonyl (C=O) groups is 1. The lowest BCUT2D eigenvalue weighted by Gasteiger charge is -2.27. The lowest BCUT2D eigenvalue weighted by Crippen LogP contribution is -2.36. The van der Waals surface area contributed by atoms with Crippen molar-refractivity contribution in [1.29, 1.82) is 0 Å². The molecule has 194 valence electrons. The molecular weight excluding hydrogens is 470 g/mol. The highest BCUT2D eigenvalue weighted by Gasteiger charge is 2.35. The van der Waals surface area contributed by atoms with Gasteiger partial charge in [-0.15, -0.1) is 0 Å². The number of benzene rings is 2. The Morgan fingerprint density at radius 3 is 2.24 bits per heavy atom. The fourth-order valence-electron chi connectivity index (χ4n) is 5.23. The van der Waals surface area contributed by atoms with E-state index in [0.717, 1.165) is 48.3 Å². The summed E-state index contributed by atoms with van der Waals surface area (Å²) in [7, 11) is 0. The maximum atomic E-state index is 12.7. The number of H-pyrrole nitrogens is 1. The molecule has 0 radical (unpaired) electrons. The van der Waals surface area contributed by atoms with Crippen LogP contribution in [0.15, 0.2) is 54.7 Å². The number of amides is 1. The van der Waals surface area contributed by atoms with E-state index in [4.69, 9.17) is 4.74 Å². The molecule has 2 aliphatic heterocycles. The van der Waals surface area contributed by atoms with E-state index in [1.54, 1.807) is 17.0 Å². The molecule has 37 heavy (non-hydrogen) atoms. The van der Waals surface area contributed by atoms with Gasteiger partial charge in [-0.05, 0) is 63.1 Å². The van der Waals surface area contributed by atoms with E-state index in [2.05, 4.69) is 39.6 Å². The first kappa shape index (κ1) is 25.0. The Bertz CT molecular complexity index is 1260. The van der Waals surface area contributed by atoms with Gasteiger partial charge in [0.05, 0.1) is 22.9 Å². The minimum Gasteiger partial charge on any atom is -0.444 e. The van der Waals surface area contributed by atoms with Crippen molar-refractivity contribution in [2.24, 2.45) is 0 Å². The smallest absolute Gasteiger partial charge is 0.410 e. The number of nitro groups is 1. The van der Waals surface area contributed by atoms with E-state index >= 15 is 0 Å². The lowest BCUT2D eigenvalue weighted by atomic mass is 10.0. The average molecular weight is 504 g/mol. The summed E-state index contributed by atoms with van der Waals surface area (Å²) in [6.45, 7) is 6.30. The molecule has 3 aromatic rings. The zero-order chi connectivity index (χ0) is 26.2. The number of rotatable bonds is 5. The van der Waals surface area contributed by atoms with Gasteiger partial charge in [0.25, 0.3) is 5.69 Å². The van der Waals surface area contributed by atoms with Gasteiger partial charge in [-0.2, -0.15) is 0 Å². The first-order valence-electron chi connectivity index (χ1n) is 12.8. The van der Waals surface area contributed by atoms with Gasteiger partial charge < -0.3 is 15.0 Å². The Labute approximate surface area is 216 Å². The Kier molecular flexibility index (Phi) is 6.72. The first-order chi connectivity index (χ1) is 17.7. The van der Waals surface area contributed by atoms with Gasteiger partial charge in [0, 0.05) is 30.8 Å². The number of non-ortho nitro benzene ring substituents is 1. The molecular formula is C28H33N5O4. The highest BCUT2D eigenvalue weighted by atomic mass is 16.6. The maximum absolute atomic E-state index is 12.7. The number of nitro benzene ring substituents is 1. The summed E-state index contributed by atoms with van der Waals surface area (Å²) >= 11 is 0. The third kappa shape index (κ3) is 5.51. The Balaban J connectivity index is 1.23. The van der Waals surface area contributed by atoms with Crippen LogP contribution in [0, 0.1) is 10.1 Å². The minimum atomic E-state index is -0.531. The molecule has 2 saturated heterocycles. The summed E-state index contributed by atoms with van der Waals surface area (Å²) in [6, 6.07) is 15.6. The highest BCUT2D eigenvalue weighted by molar-refractivity contribution is 5.69. The number of nitrogens with zero attached hydrogens (tertiary/aromatic N) is 3. The molecule has 1 amide bonds. The van der Waals surface area contributed by atoms with E-state index in [0.29, 0.717) is 6.54 Å². The largest absolute Gasteiger partial charge is 0.444 e. The molecule has 3 heterocycles. The van der Waals surface area contributed by atoms with Gasteiger partial charge >= 0.3 is 6.09 Å². The van der Waals surface area contributed by atoms with E-state index < -0.39 is 5.60 Å². The molecule has 2 fully saturated rings. The zero-order valence-corrected chi connectivity index (χ0v) is 21.4. The molecule has 2 N–H and O–H groups in total. The minimum absolute atomic E-state index is 0.109. The van der Waals surface area contributed by atoms with Gasteiger partial charge in [0.1, 0.15) is 11.4 Å². The fourth-order valence-corrected chi connectivity index (χ4v) is 5.23. The number of nitrogens with one attached hydrogen (secondary N) is 2. The number of imidazole rings is 1. The summed E-state index contributed by atoms with van der Waals surface area (Å²) < 4.78 is 5.59.